The predicted octanol–water partition coefficient (Wildman–Crippen LogP) is 0.939. The molecule has 2 N–H and O–H groups in total. The van der Waals surface area contributed by atoms with Crippen molar-refractivity contribution in [1.82, 2.24) is 9.29 Å². The number of aliphatic hydroxyl groups is 1. The van der Waals surface area contributed by atoms with Gasteiger partial charge in [-0.15, -0.1) is 0 Å². The number of hydrogen-bond donors (Lipinski definition) is 2. The Balaban J connectivity index is 2.57. The molecule has 0 spiro atoms. The van der Waals surface area contributed by atoms with Crippen LogP contribution in [0, 0.1) is 0 Å². The van der Waals surface area contributed by atoms with Gasteiger partial charge in [0.2, 0.25) is 10.0 Å². The summed E-state index contributed by atoms with van der Waals surface area (Å²) < 4.78 is 28.1. The van der Waals surface area contributed by atoms with E-state index >= 15 is 0 Å². The zero-order valence-corrected chi connectivity index (χ0v) is 12.4. The number of rotatable bonds is 8. The van der Waals surface area contributed by atoms with Crippen LogP contribution in [0.15, 0.2) is 17.2 Å². The van der Waals surface area contributed by atoms with Gasteiger partial charge in [-0.05, 0) is 30.9 Å². The number of unbranched alkanes of at least 4 members (excludes halogenated alkanes) is 1. The number of hydrogen-bond acceptors (Lipinski definition) is 4. The van der Waals surface area contributed by atoms with Gasteiger partial charge in [-0.1, -0.05) is 0 Å². The summed E-state index contributed by atoms with van der Waals surface area (Å²) in [5.41, 5.74) is 0.581. The Labute approximate surface area is 113 Å². The summed E-state index contributed by atoms with van der Waals surface area (Å²) in [7, 11) is -1.74. The molecule has 104 valence electrons. The van der Waals surface area contributed by atoms with Crippen molar-refractivity contribution in [3.63, 3.8) is 0 Å². The molecule has 1 rings (SSSR count). The Morgan fingerprint density at radius 2 is 2.17 bits per heavy atom. The van der Waals surface area contributed by atoms with Crippen LogP contribution in [0.1, 0.15) is 18.5 Å². The van der Waals surface area contributed by atoms with Crippen molar-refractivity contribution in [1.29, 1.82) is 0 Å². The van der Waals surface area contributed by atoms with E-state index in [2.05, 4.69) is 4.72 Å². The number of thioether (sulfide) groups is 1. The predicted molar refractivity (Wildman–Crippen MR) is 74.1 cm³/mol. The van der Waals surface area contributed by atoms with Gasteiger partial charge >= 0.3 is 0 Å². The minimum absolute atomic E-state index is 0.167. The lowest BCUT2D eigenvalue weighted by Gasteiger charge is -2.04. The quantitative estimate of drug-likeness (QED) is 0.700. The Morgan fingerprint density at radius 1 is 1.44 bits per heavy atom. The van der Waals surface area contributed by atoms with Crippen LogP contribution in [-0.2, 0) is 23.7 Å². The Morgan fingerprint density at radius 3 is 2.72 bits per heavy atom. The van der Waals surface area contributed by atoms with Crippen molar-refractivity contribution in [2.24, 2.45) is 7.05 Å². The maximum absolute atomic E-state index is 11.9. The molecule has 0 aromatic carbocycles. The maximum atomic E-state index is 11.9. The van der Waals surface area contributed by atoms with Gasteiger partial charge < -0.3 is 9.67 Å². The van der Waals surface area contributed by atoms with Crippen molar-refractivity contribution >= 4 is 21.8 Å². The highest BCUT2D eigenvalue weighted by Gasteiger charge is 2.16. The van der Waals surface area contributed by atoms with Crippen molar-refractivity contribution in [3.8, 4) is 0 Å². The molecule has 7 heteroatoms. The second kappa shape index (κ2) is 7.18. The molecule has 0 fully saturated rings. The zero-order valence-electron chi connectivity index (χ0n) is 10.7. The molecule has 5 nitrogen and oxygen atoms in total. The first-order valence-corrected chi connectivity index (χ1v) is 8.63. The van der Waals surface area contributed by atoms with Gasteiger partial charge in [0.25, 0.3) is 0 Å². The van der Waals surface area contributed by atoms with Crippen molar-refractivity contribution in [2.75, 3.05) is 18.6 Å². The van der Waals surface area contributed by atoms with Gasteiger partial charge in [-0.3, -0.25) is 0 Å². The van der Waals surface area contributed by atoms with E-state index in [1.807, 2.05) is 6.26 Å². The van der Waals surface area contributed by atoms with Crippen LogP contribution >= 0.6 is 11.8 Å². The highest BCUT2D eigenvalue weighted by molar-refractivity contribution is 7.98. The maximum Gasteiger partial charge on any atom is 0.242 e. The summed E-state index contributed by atoms with van der Waals surface area (Å²) in [6.45, 7) is 0.284. The topological polar surface area (TPSA) is 71.3 Å². The lowest BCUT2D eigenvalue weighted by Crippen LogP contribution is -2.24. The summed E-state index contributed by atoms with van der Waals surface area (Å²) in [4.78, 5) is 0.207. The molecule has 0 unspecified atom stereocenters. The number of nitrogens with zero attached hydrogens (tertiary/aromatic N) is 1. The van der Waals surface area contributed by atoms with Gasteiger partial charge in [0.15, 0.2) is 0 Å². The molecule has 0 aliphatic carbocycles. The number of aromatic nitrogens is 1. The van der Waals surface area contributed by atoms with Gasteiger partial charge in [0, 0.05) is 25.5 Å². The van der Waals surface area contributed by atoms with Gasteiger partial charge in [0.1, 0.15) is 0 Å². The second-order valence-electron chi connectivity index (χ2n) is 4.03. The van der Waals surface area contributed by atoms with Crippen LogP contribution in [0.5, 0.6) is 0 Å². The lowest BCUT2D eigenvalue weighted by molar-refractivity contribution is 0.272. The lowest BCUT2D eigenvalue weighted by atomic mass is 10.3. The van der Waals surface area contributed by atoms with Crippen molar-refractivity contribution in [3.05, 3.63) is 18.0 Å². The Hall–Kier alpha value is -0.500. The fourth-order valence-corrected chi connectivity index (χ4v) is 3.20. The average Bonchev–Trinajstić information content (AvgIpc) is 2.71. The summed E-state index contributed by atoms with van der Waals surface area (Å²) in [5, 5.41) is 9.03. The fraction of sp³-hybridized carbons (Fsp3) is 0.636. The van der Waals surface area contributed by atoms with E-state index in [0.29, 0.717) is 12.2 Å². The van der Waals surface area contributed by atoms with Crippen molar-refractivity contribution in [2.45, 2.75) is 24.3 Å². The number of nitrogens with one attached hydrogen (secondary N) is 1. The number of aliphatic hydroxyl groups excluding tert-OH is 1. The van der Waals surface area contributed by atoms with Crippen LogP contribution in [-0.4, -0.2) is 36.6 Å². The molecule has 18 heavy (non-hydrogen) atoms. The molecule has 0 saturated heterocycles. The van der Waals surface area contributed by atoms with E-state index < -0.39 is 10.0 Å². The minimum Gasteiger partial charge on any atom is -0.390 e. The van der Waals surface area contributed by atoms with E-state index in [-0.39, 0.29) is 11.5 Å². The highest BCUT2D eigenvalue weighted by atomic mass is 32.2. The third-order valence-corrected chi connectivity index (χ3v) is 4.75. The molecule has 0 amide bonds. The molecule has 0 atom stereocenters. The van der Waals surface area contributed by atoms with Crippen LogP contribution in [0.3, 0.4) is 0 Å². The smallest absolute Gasteiger partial charge is 0.242 e. The zero-order chi connectivity index (χ0) is 13.6. The Kier molecular flexibility index (Phi) is 6.20. The first kappa shape index (κ1) is 15.6. The summed E-state index contributed by atoms with van der Waals surface area (Å²) in [6.07, 6.45) is 5.38. The van der Waals surface area contributed by atoms with Gasteiger partial charge in [-0.25, -0.2) is 13.1 Å². The third kappa shape index (κ3) is 4.31. The van der Waals surface area contributed by atoms with Gasteiger partial charge in [-0.2, -0.15) is 11.8 Å². The molecular formula is C11H20N2O3S2. The minimum atomic E-state index is -3.45. The standard InChI is InChI=1S/C11H20N2O3S2/c1-13-8-11(7-10(13)9-14)18(15,16)12-5-3-4-6-17-2/h7-8,12,14H,3-6,9H2,1-2H3. The van der Waals surface area contributed by atoms with E-state index in [9.17, 15) is 8.42 Å². The van der Waals surface area contributed by atoms with Crippen LogP contribution < -0.4 is 4.72 Å². The third-order valence-electron chi connectivity index (χ3n) is 2.62. The van der Waals surface area contributed by atoms with E-state index in [4.69, 9.17) is 5.11 Å². The monoisotopic (exact) mass is 292 g/mol. The number of sulfonamides is 1. The highest BCUT2D eigenvalue weighted by Crippen LogP contribution is 2.13. The summed E-state index contributed by atoms with van der Waals surface area (Å²) in [6, 6.07) is 1.49. The first-order valence-electron chi connectivity index (χ1n) is 5.76. The van der Waals surface area contributed by atoms with E-state index in [1.165, 1.54) is 12.3 Å². The second-order valence-corrected chi connectivity index (χ2v) is 6.79. The molecule has 0 radical (unpaired) electrons. The Bertz CT molecular complexity index is 469. The average molecular weight is 292 g/mol. The molecule has 1 heterocycles. The van der Waals surface area contributed by atoms with Crippen molar-refractivity contribution < 1.29 is 13.5 Å². The van der Waals surface area contributed by atoms with Gasteiger partial charge in [0.05, 0.1) is 11.5 Å². The number of aryl methyl sites for hydroxylation is 1. The molecule has 0 aliphatic heterocycles. The van der Waals surface area contributed by atoms with E-state index in [0.717, 1.165) is 18.6 Å². The molecule has 0 bridgehead atoms. The molecule has 1 aromatic rings. The molecular weight excluding hydrogens is 272 g/mol. The van der Waals surface area contributed by atoms with Crippen LogP contribution in [0.25, 0.3) is 0 Å². The van der Waals surface area contributed by atoms with E-state index in [1.54, 1.807) is 23.4 Å². The molecule has 0 aliphatic rings. The fourth-order valence-electron chi connectivity index (χ4n) is 1.54. The van der Waals surface area contributed by atoms with Crippen LogP contribution in [0.2, 0.25) is 0 Å². The normalized spacial score (nSPS) is 11.9. The first-order chi connectivity index (χ1) is 8.51. The summed E-state index contributed by atoms with van der Waals surface area (Å²) in [5.74, 6) is 1.04. The summed E-state index contributed by atoms with van der Waals surface area (Å²) >= 11 is 1.76. The molecule has 0 saturated carbocycles. The van der Waals surface area contributed by atoms with Crippen LogP contribution in [0.4, 0.5) is 0 Å². The largest absolute Gasteiger partial charge is 0.390 e. The SMILES string of the molecule is CSCCCCNS(=O)(=O)c1cc(CO)n(C)c1. The molecule has 1 aromatic heterocycles.